The van der Waals surface area contributed by atoms with Gasteiger partial charge in [0.2, 0.25) is 0 Å². The van der Waals surface area contributed by atoms with Gasteiger partial charge in [-0.05, 0) is 0 Å². The molecule has 1 radical (unpaired) electrons. The van der Waals surface area contributed by atoms with Crippen molar-refractivity contribution in [1.29, 1.82) is 0 Å². The normalized spacial score (nSPS) is 10.2. The van der Waals surface area contributed by atoms with E-state index in [1.54, 1.807) is 0 Å². The van der Waals surface area contributed by atoms with Crippen molar-refractivity contribution in [3.63, 3.8) is 0 Å². The van der Waals surface area contributed by atoms with E-state index in [9.17, 15) is 0 Å². The predicted molar refractivity (Wildman–Crippen MR) is 35.2 cm³/mol. The summed E-state index contributed by atoms with van der Waals surface area (Å²) in [6.07, 6.45) is 0. The zero-order chi connectivity index (χ0) is 7.66. The van der Waals surface area contributed by atoms with E-state index in [0.717, 1.165) is 0 Å². The molecular weight excluding hydrogens is 136 g/mol. The first-order valence-electron chi connectivity index (χ1n) is 3.14. The van der Waals surface area contributed by atoms with Crippen molar-refractivity contribution in [1.82, 2.24) is 0 Å². The highest BCUT2D eigenvalue weighted by Crippen LogP contribution is 1.82. The maximum absolute atomic E-state index is 8.25. The van der Waals surface area contributed by atoms with Crippen molar-refractivity contribution in [2.24, 2.45) is 0 Å². The number of aliphatic hydroxyl groups excluding tert-OH is 2. The van der Waals surface area contributed by atoms with Crippen molar-refractivity contribution in [2.75, 3.05) is 33.0 Å². The van der Waals surface area contributed by atoms with Crippen LogP contribution in [0.5, 0.6) is 0 Å². The van der Waals surface area contributed by atoms with E-state index in [2.05, 4.69) is 0 Å². The quantitative estimate of drug-likeness (QED) is 0.464. The molecular formula is C6H13O4. The molecule has 10 heavy (non-hydrogen) atoms. The van der Waals surface area contributed by atoms with Crippen molar-refractivity contribution >= 4 is 0 Å². The van der Waals surface area contributed by atoms with Crippen molar-refractivity contribution in [3.8, 4) is 0 Å². The second-order valence-electron chi connectivity index (χ2n) is 1.56. The largest absolute Gasteiger partial charge is 0.394 e. The van der Waals surface area contributed by atoms with Gasteiger partial charge in [0.15, 0.2) is 0 Å². The van der Waals surface area contributed by atoms with Crippen LogP contribution in [0.1, 0.15) is 0 Å². The Morgan fingerprint density at radius 3 is 2.40 bits per heavy atom. The lowest BCUT2D eigenvalue weighted by Crippen LogP contribution is -2.04. The second kappa shape index (κ2) is 8.84. The molecule has 0 spiro atoms. The third kappa shape index (κ3) is 7.84. The summed E-state index contributed by atoms with van der Waals surface area (Å²) in [5, 5.41) is 16.5. The van der Waals surface area contributed by atoms with Gasteiger partial charge in [0.25, 0.3) is 0 Å². The maximum Gasteiger partial charge on any atom is 0.109 e. The maximum atomic E-state index is 8.25. The lowest BCUT2D eigenvalue weighted by Gasteiger charge is -2.00. The van der Waals surface area contributed by atoms with Gasteiger partial charge in [-0.2, -0.15) is 0 Å². The molecule has 0 saturated carbocycles. The zero-order valence-electron chi connectivity index (χ0n) is 5.82. The van der Waals surface area contributed by atoms with Crippen molar-refractivity contribution < 1.29 is 19.7 Å². The molecule has 4 nitrogen and oxygen atoms in total. The van der Waals surface area contributed by atoms with Crippen LogP contribution >= 0.6 is 0 Å². The minimum Gasteiger partial charge on any atom is -0.394 e. The number of aliphatic hydroxyl groups is 2. The fourth-order valence-corrected chi connectivity index (χ4v) is 0.380. The summed E-state index contributed by atoms with van der Waals surface area (Å²) in [4.78, 5) is 0. The first-order valence-corrected chi connectivity index (χ1v) is 3.14. The van der Waals surface area contributed by atoms with E-state index < -0.39 is 0 Å². The highest BCUT2D eigenvalue weighted by molar-refractivity contribution is 4.46. The molecule has 0 atom stereocenters. The molecule has 0 aromatic rings. The number of ether oxygens (including phenoxy) is 2. The van der Waals surface area contributed by atoms with Gasteiger partial charge in [0.1, 0.15) is 6.61 Å². The summed E-state index contributed by atoms with van der Waals surface area (Å²) < 4.78 is 9.56. The van der Waals surface area contributed by atoms with E-state index in [0.29, 0.717) is 19.8 Å². The third-order valence-corrected chi connectivity index (χ3v) is 0.749. The van der Waals surface area contributed by atoms with E-state index in [4.69, 9.17) is 19.7 Å². The summed E-state index contributed by atoms with van der Waals surface area (Å²) in [5.41, 5.74) is 0. The summed E-state index contributed by atoms with van der Waals surface area (Å²) in [7, 11) is 0. The second-order valence-corrected chi connectivity index (χ2v) is 1.56. The Morgan fingerprint density at radius 2 is 1.80 bits per heavy atom. The Bertz CT molecular complexity index is 49.7. The summed E-state index contributed by atoms with van der Waals surface area (Å²) in [5.74, 6) is 0. The van der Waals surface area contributed by atoms with Gasteiger partial charge in [-0.15, -0.1) is 0 Å². The zero-order valence-corrected chi connectivity index (χ0v) is 5.82. The molecule has 2 N–H and O–H groups in total. The van der Waals surface area contributed by atoms with Crippen LogP contribution in [-0.4, -0.2) is 43.2 Å². The van der Waals surface area contributed by atoms with Crippen LogP contribution in [0.3, 0.4) is 0 Å². The lowest BCUT2D eigenvalue weighted by molar-refractivity contribution is 0.0572. The number of hydrogen-bond acceptors (Lipinski definition) is 4. The van der Waals surface area contributed by atoms with Gasteiger partial charge in [-0.25, -0.2) is 0 Å². The summed E-state index contributed by atoms with van der Waals surface area (Å²) in [6, 6.07) is 0. The smallest absolute Gasteiger partial charge is 0.109 e. The molecule has 0 aliphatic rings. The molecule has 0 bridgehead atoms. The minimum atomic E-state index is 0.0104. The molecule has 0 aliphatic heterocycles. The van der Waals surface area contributed by atoms with Crippen LogP contribution in [0.2, 0.25) is 0 Å². The Labute approximate surface area is 60.4 Å². The van der Waals surface area contributed by atoms with Gasteiger partial charge in [0.05, 0.1) is 33.0 Å². The highest BCUT2D eigenvalue weighted by atomic mass is 16.5. The van der Waals surface area contributed by atoms with E-state index in [1.807, 2.05) is 0 Å². The summed E-state index contributed by atoms with van der Waals surface area (Å²) in [6.45, 7) is 2.44. The van der Waals surface area contributed by atoms with Crippen LogP contribution in [0.25, 0.3) is 0 Å². The van der Waals surface area contributed by atoms with Crippen LogP contribution in [-0.2, 0) is 9.47 Å². The van der Waals surface area contributed by atoms with Gasteiger partial charge in [-0.3, -0.25) is 0 Å². The molecule has 0 rings (SSSR count). The van der Waals surface area contributed by atoms with Gasteiger partial charge < -0.3 is 19.7 Å². The standard InChI is InChI=1S/C6H13O4/c7-1-3-9-5-6-10-4-2-8/h5,7-8H,1-4,6H2. The fourth-order valence-electron chi connectivity index (χ4n) is 0.380. The first kappa shape index (κ1) is 9.84. The van der Waals surface area contributed by atoms with Gasteiger partial charge in [-0.1, -0.05) is 0 Å². The first-order chi connectivity index (χ1) is 4.91. The molecule has 0 amide bonds. The van der Waals surface area contributed by atoms with Crippen LogP contribution in [0.4, 0.5) is 0 Å². The van der Waals surface area contributed by atoms with Crippen LogP contribution in [0, 0.1) is 6.61 Å². The Morgan fingerprint density at radius 1 is 1.10 bits per heavy atom. The molecule has 0 aromatic carbocycles. The average molecular weight is 149 g/mol. The predicted octanol–water partition coefficient (Wildman–Crippen LogP) is -0.834. The molecule has 0 fully saturated rings. The van der Waals surface area contributed by atoms with Gasteiger partial charge >= 0.3 is 0 Å². The molecule has 0 aromatic heterocycles. The Balaban J connectivity index is 2.65. The average Bonchev–Trinajstić information content (AvgIpc) is 1.97. The van der Waals surface area contributed by atoms with Crippen LogP contribution in [0.15, 0.2) is 0 Å². The molecule has 0 aliphatic carbocycles. The van der Waals surface area contributed by atoms with E-state index in [-0.39, 0.29) is 13.2 Å². The molecule has 0 saturated heterocycles. The monoisotopic (exact) mass is 149 g/mol. The highest BCUT2D eigenvalue weighted by Gasteiger charge is 1.87. The molecule has 0 unspecified atom stereocenters. The van der Waals surface area contributed by atoms with Gasteiger partial charge in [0, 0.05) is 0 Å². The molecule has 0 heterocycles. The third-order valence-electron chi connectivity index (χ3n) is 0.749. The SMILES string of the molecule is OCCO[CH]COCCO. The Hall–Kier alpha value is -0.160. The Kier molecular flexibility index (Phi) is 8.70. The van der Waals surface area contributed by atoms with E-state index >= 15 is 0 Å². The number of rotatable bonds is 7. The minimum absolute atomic E-state index is 0.0104. The molecule has 4 heteroatoms. The topological polar surface area (TPSA) is 58.9 Å². The van der Waals surface area contributed by atoms with Crippen molar-refractivity contribution in [3.05, 3.63) is 6.61 Å². The number of hydrogen-bond donors (Lipinski definition) is 2. The molecule has 61 valence electrons. The van der Waals surface area contributed by atoms with Crippen molar-refractivity contribution in [2.45, 2.75) is 0 Å². The van der Waals surface area contributed by atoms with E-state index in [1.165, 1.54) is 6.61 Å². The van der Waals surface area contributed by atoms with Crippen LogP contribution < -0.4 is 0 Å². The fraction of sp³-hybridized carbons (Fsp3) is 0.833. The lowest BCUT2D eigenvalue weighted by atomic mass is 10.7. The summed E-state index contributed by atoms with van der Waals surface area (Å²) >= 11 is 0.